The molecule has 0 unspecified atom stereocenters. The minimum Gasteiger partial charge on any atom is -0.508 e. The summed E-state index contributed by atoms with van der Waals surface area (Å²) >= 11 is 0. The molecule has 100 valence electrons. The largest absolute Gasteiger partial charge is 0.508 e. The smallest absolute Gasteiger partial charge is 0.116 e. The van der Waals surface area contributed by atoms with Crippen LogP contribution in [0.25, 0.3) is 10.9 Å². The SMILES string of the molecule is COC1CCN(c2cnc3ccc(O)cc3c2)CC1. The molecule has 1 saturated heterocycles. The van der Waals surface area contributed by atoms with Crippen molar-refractivity contribution in [2.75, 3.05) is 25.1 Å². The molecule has 0 spiro atoms. The molecule has 4 heteroatoms. The van der Waals surface area contributed by atoms with Crippen molar-refractivity contribution < 1.29 is 9.84 Å². The second-order valence-electron chi connectivity index (χ2n) is 4.99. The lowest BCUT2D eigenvalue weighted by atomic mass is 10.1. The van der Waals surface area contributed by atoms with Crippen molar-refractivity contribution in [1.82, 2.24) is 4.98 Å². The van der Waals surface area contributed by atoms with Crippen LogP contribution in [0.3, 0.4) is 0 Å². The summed E-state index contributed by atoms with van der Waals surface area (Å²) in [5, 5.41) is 10.5. The number of nitrogens with zero attached hydrogens (tertiary/aromatic N) is 2. The molecule has 2 aromatic rings. The number of pyridine rings is 1. The van der Waals surface area contributed by atoms with Crippen LogP contribution in [0.1, 0.15) is 12.8 Å². The van der Waals surface area contributed by atoms with Gasteiger partial charge in [0.25, 0.3) is 0 Å². The summed E-state index contributed by atoms with van der Waals surface area (Å²) in [6, 6.07) is 7.35. The zero-order valence-electron chi connectivity index (χ0n) is 11.0. The molecule has 19 heavy (non-hydrogen) atoms. The van der Waals surface area contributed by atoms with Crippen LogP contribution in [-0.2, 0) is 4.74 Å². The fraction of sp³-hybridized carbons (Fsp3) is 0.400. The van der Waals surface area contributed by atoms with Gasteiger partial charge in [0.2, 0.25) is 0 Å². The van der Waals surface area contributed by atoms with Crippen molar-refractivity contribution in [1.29, 1.82) is 0 Å². The van der Waals surface area contributed by atoms with E-state index in [9.17, 15) is 5.11 Å². The number of ether oxygens (including phenoxy) is 1. The van der Waals surface area contributed by atoms with Crippen LogP contribution in [0.2, 0.25) is 0 Å². The van der Waals surface area contributed by atoms with E-state index >= 15 is 0 Å². The second-order valence-corrected chi connectivity index (χ2v) is 4.99. The fourth-order valence-corrected chi connectivity index (χ4v) is 2.63. The van der Waals surface area contributed by atoms with E-state index in [1.807, 2.05) is 12.3 Å². The van der Waals surface area contributed by atoms with Gasteiger partial charge in [0.05, 0.1) is 23.5 Å². The van der Waals surface area contributed by atoms with Crippen molar-refractivity contribution in [2.45, 2.75) is 18.9 Å². The summed E-state index contributed by atoms with van der Waals surface area (Å²) in [5.74, 6) is 0.282. The third-order valence-corrected chi connectivity index (χ3v) is 3.79. The maximum atomic E-state index is 9.54. The topological polar surface area (TPSA) is 45.6 Å². The van der Waals surface area contributed by atoms with Gasteiger partial charge in [-0.3, -0.25) is 4.98 Å². The fourth-order valence-electron chi connectivity index (χ4n) is 2.63. The molecular weight excluding hydrogens is 240 g/mol. The number of fused-ring (bicyclic) bond motifs is 1. The predicted molar refractivity (Wildman–Crippen MR) is 75.7 cm³/mol. The van der Waals surface area contributed by atoms with E-state index in [-0.39, 0.29) is 5.75 Å². The first-order valence-electron chi connectivity index (χ1n) is 6.63. The number of phenolic OH excluding ortho intramolecular Hbond substituents is 1. The van der Waals surface area contributed by atoms with Gasteiger partial charge in [-0.1, -0.05) is 0 Å². The van der Waals surface area contributed by atoms with Gasteiger partial charge < -0.3 is 14.7 Å². The van der Waals surface area contributed by atoms with Gasteiger partial charge in [-0.25, -0.2) is 0 Å². The molecule has 2 heterocycles. The van der Waals surface area contributed by atoms with Gasteiger partial charge in [0.1, 0.15) is 5.75 Å². The van der Waals surface area contributed by atoms with Crippen LogP contribution in [0.5, 0.6) is 5.75 Å². The maximum absolute atomic E-state index is 9.54. The Labute approximate surface area is 112 Å². The molecule has 1 N–H and O–H groups in total. The summed E-state index contributed by atoms with van der Waals surface area (Å²) in [6.07, 6.45) is 4.39. The number of rotatable bonds is 2. The number of methoxy groups -OCH3 is 1. The maximum Gasteiger partial charge on any atom is 0.116 e. The summed E-state index contributed by atoms with van der Waals surface area (Å²) < 4.78 is 5.39. The minimum atomic E-state index is 0.282. The number of aromatic hydroxyl groups is 1. The first kappa shape index (κ1) is 12.2. The van der Waals surface area contributed by atoms with E-state index in [1.54, 1.807) is 19.2 Å². The Morgan fingerprint density at radius 1 is 1.26 bits per heavy atom. The number of hydrogen-bond acceptors (Lipinski definition) is 4. The Bertz CT molecular complexity index is 577. The molecule has 4 nitrogen and oxygen atoms in total. The minimum absolute atomic E-state index is 0.282. The molecule has 1 aliphatic heterocycles. The predicted octanol–water partition coefficient (Wildman–Crippen LogP) is 2.56. The van der Waals surface area contributed by atoms with Gasteiger partial charge in [-0.15, -0.1) is 0 Å². The standard InChI is InChI=1S/C15H18N2O2/c1-19-14-4-6-17(7-5-14)12-8-11-9-13(18)2-3-15(11)16-10-12/h2-3,8-10,14,18H,4-7H2,1H3. The third-order valence-electron chi connectivity index (χ3n) is 3.79. The molecule has 0 amide bonds. The highest BCUT2D eigenvalue weighted by Gasteiger charge is 2.19. The van der Waals surface area contributed by atoms with Crippen molar-refractivity contribution in [2.24, 2.45) is 0 Å². The van der Waals surface area contributed by atoms with E-state index in [2.05, 4.69) is 16.0 Å². The number of aromatic nitrogens is 1. The Balaban J connectivity index is 1.85. The van der Waals surface area contributed by atoms with Gasteiger partial charge in [-0.2, -0.15) is 0 Å². The Morgan fingerprint density at radius 2 is 2.05 bits per heavy atom. The summed E-state index contributed by atoms with van der Waals surface area (Å²) in [4.78, 5) is 6.78. The first-order valence-corrected chi connectivity index (χ1v) is 6.63. The Hall–Kier alpha value is -1.81. The Kier molecular flexibility index (Phi) is 3.25. The molecule has 0 saturated carbocycles. The van der Waals surface area contributed by atoms with Crippen molar-refractivity contribution in [3.05, 3.63) is 30.5 Å². The van der Waals surface area contributed by atoms with Crippen LogP contribution in [-0.4, -0.2) is 36.4 Å². The highest BCUT2D eigenvalue weighted by Crippen LogP contribution is 2.25. The van der Waals surface area contributed by atoms with Crippen LogP contribution in [0.4, 0.5) is 5.69 Å². The van der Waals surface area contributed by atoms with Crippen LogP contribution in [0.15, 0.2) is 30.5 Å². The monoisotopic (exact) mass is 258 g/mol. The van der Waals surface area contributed by atoms with Crippen molar-refractivity contribution in [3.8, 4) is 5.75 Å². The molecule has 3 rings (SSSR count). The third kappa shape index (κ3) is 2.49. The normalized spacial score (nSPS) is 17.0. The first-order chi connectivity index (χ1) is 9.26. The van der Waals surface area contributed by atoms with E-state index < -0.39 is 0 Å². The van der Waals surface area contributed by atoms with Gasteiger partial charge in [0, 0.05) is 25.6 Å². The number of benzene rings is 1. The average molecular weight is 258 g/mol. The number of anilines is 1. The average Bonchev–Trinajstić information content (AvgIpc) is 2.46. The molecule has 1 aliphatic rings. The molecule has 1 aromatic heterocycles. The molecule has 0 radical (unpaired) electrons. The van der Waals surface area contributed by atoms with Crippen molar-refractivity contribution in [3.63, 3.8) is 0 Å². The van der Waals surface area contributed by atoms with E-state index in [0.29, 0.717) is 6.10 Å². The highest BCUT2D eigenvalue weighted by molar-refractivity contribution is 5.83. The Morgan fingerprint density at radius 3 is 2.79 bits per heavy atom. The van der Waals surface area contributed by atoms with Crippen LogP contribution in [0, 0.1) is 0 Å². The number of phenols is 1. The molecular formula is C15H18N2O2. The van der Waals surface area contributed by atoms with Gasteiger partial charge in [0.15, 0.2) is 0 Å². The van der Waals surface area contributed by atoms with Crippen LogP contribution >= 0.6 is 0 Å². The summed E-state index contributed by atoms with van der Waals surface area (Å²) in [6.45, 7) is 1.98. The number of hydrogen-bond donors (Lipinski definition) is 1. The number of piperidine rings is 1. The molecule has 1 aromatic carbocycles. The van der Waals surface area contributed by atoms with E-state index in [1.165, 1.54) is 0 Å². The lowest BCUT2D eigenvalue weighted by molar-refractivity contribution is 0.0819. The van der Waals surface area contributed by atoms with Gasteiger partial charge in [-0.05, 0) is 37.1 Å². The van der Waals surface area contributed by atoms with E-state index in [4.69, 9.17) is 4.74 Å². The summed E-state index contributed by atoms with van der Waals surface area (Å²) in [5.41, 5.74) is 2.03. The molecule has 0 aliphatic carbocycles. The van der Waals surface area contributed by atoms with E-state index in [0.717, 1.165) is 42.5 Å². The zero-order valence-corrected chi connectivity index (χ0v) is 11.0. The molecule has 0 atom stereocenters. The molecule has 1 fully saturated rings. The van der Waals surface area contributed by atoms with Crippen molar-refractivity contribution >= 4 is 16.6 Å². The quantitative estimate of drug-likeness (QED) is 0.899. The van der Waals surface area contributed by atoms with Crippen LogP contribution < -0.4 is 4.90 Å². The lowest BCUT2D eigenvalue weighted by Crippen LogP contribution is -2.36. The van der Waals surface area contributed by atoms with Gasteiger partial charge >= 0.3 is 0 Å². The summed E-state index contributed by atoms with van der Waals surface area (Å²) in [7, 11) is 1.78. The molecule has 0 bridgehead atoms. The highest BCUT2D eigenvalue weighted by atomic mass is 16.5. The lowest BCUT2D eigenvalue weighted by Gasteiger charge is -2.32. The zero-order chi connectivity index (χ0) is 13.2. The second kappa shape index (κ2) is 5.05.